The van der Waals surface area contributed by atoms with Gasteiger partial charge in [-0.15, -0.1) is 0 Å². The fourth-order valence-corrected chi connectivity index (χ4v) is 0.978. The van der Waals surface area contributed by atoms with Gasteiger partial charge in [0.2, 0.25) is 0 Å². The standard InChI is InChI=1S/C8H20N2O/c1-10(7-4-8-11)6-3-2-5-9/h11H,2-9H2,1H3. The van der Waals surface area contributed by atoms with E-state index in [2.05, 4.69) is 11.9 Å². The maximum Gasteiger partial charge on any atom is 0.0443 e. The first-order valence-electron chi connectivity index (χ1n) is 4.30. The van der Waals surface area contributed by atoms with Crippen molar-refractivity contribution in [3.05, 3.63) is 0 Å². The molecule has 0 spiro atoms. The maximum atomic E-state index is 8.54. The summed E-state index contributed by atoms with van der Waals surface area (Å²) in [4.78, 5) is 2.23. The van der Waals surface area contributed by atoms with E-state index < -0.39 is 0 Å². The third-order valence-corrected chi connectivity index (χ3v) is 1.69. The van der Waals surface area contributed by atoms with E-state index in [0.29, 0.717) is 6.61 Å². The van der Waals surface area contributed by atoms with E-state index >= 15 is 0 Å². The Balaban J connectivity index is 3.02. The lowest BCUT2D eigenvalue weighted by Crippen LogP contribution is -2.22. The summed E-state index contributed by atoms with van der Waals surface area (Å²) in [5.74, 6) is 0. The lowest BCUT2D eigenvalue weighted by atomic mass is 10.3. The number of hydrogen-bond donors (Lipinski definition) is 2. The van der Waals surface area contributed by atoms with Gasteiger partial charge in [0, 0.05) is 13.2 Å². The monoisotopic (exact) mass is 160 g/mol. The van der Waals surface area contributed by atoms with E-state index in [1.54, 1.807) is 0 Å². The molecule has 3 heteroatoms. The van der Waals surface area contributed by atoms with Crippen LogP contribution in [0.15, 0.2) is 0 Å². The molecule has 0 aromatic rings. The Morgan fingerprint density at radius 1 is 1.18 bits per heavy atom. The van der Waals surface area contributed by atoms with Crippen molar-refractivity contribution in [1.29, 1.82) is 0 Å². The van der Waals surface area contributed by atoms with Crippen molar-refractivity contribution in [3.63, 3.8) is 0 Å². The van der Waals surface area contributed by atoms with Crippen LogP contribution in [-0.4, -0.2) is 43.3 Å². The molecular weight excluding hydrogens is 140 g/mol. The quantitative estimate of drug-likeness (QED) is 0.517. The van der Waals surface area contributed by atoms with Crippen LogP contribution in [0, 0.1) is 0 Å². The molecule has 0 aromatic carbocycles. The van der Waals surface area contributed by atoms with Crippen molar-refractivity contribution in [3.8, 4) is 0 Å². The molecule has 0 fully saturated rings. The molecule has 0 saturated heterocycles. The van der Waals surface area contributed by atoms with Gasteiger partial charge in [-0.25, -0.2) is 0 Å². The van der Waals surface area contributed by atoms with E-state index in [1.165, 1.54) is 6.42 Å². The smallest absolute Gasteiger partial charge is 0.0443 e. The zero-order valence-corrected chi connectivity index (χ0v) is 7.42. The summed E-state index contributed by atoms with van der Waals surface area (Å²) < 4.78 is 0. The SMILES string of the molecule is CN(CCCO)CCCCN. The molecule has 0 bridgehead atoms. The topological polar surface area (TPSA) is 49.5 Å². The summed E-state index contributed by atoms with van der Waals surface area (Å²) >= 11 is 0. The van der Waals surface area contributed by atoms with Crippen molar-refractivity contribution in [1.82, 2.24) is 4.90 Å². The summed E-state index contributed by atoms with van der Waals surface area (Å²) in [6, 6.07) is 0. The van der Waals surface area contributed by atoms with Crippen molar-refractivity contribution in [2.45, 2.75) is 19.3 Å². The first-order valence-corrected chi connectivity index (χ1v) is 4.30. The van der Waals surface area contributed by atoms with Gasteiger partial charge in [-0.1, -0.05) is 0 Å². The number of aliphatic hydroxyl groups excluding tert-OH is 1. The summed E-state index contributed by atoms with van der Waals surface area (Å²) in [6.07, 6.45) is 3.14. The van der Waals surface area contributed by atoms with Gasteiger partial charge in [-0.3, -0.25) is 0 Å². The molecule has 0 radical (unpaired) electrons. The minimum absolute atomic E-state index is 0.293. The zero-order chi connectivity index (χ0) is 8.53. The molecule has 0 aliphatic carbocycles. The van der Waals surface area contributed by atoms with Crippen LogP contribution in [0.3, 0.4) is 0 Å². The van der Waals surface area contributed by atoms with Gasteiger partial charge in [0.15, 0.2) is 0 Å². The first kappa shape index (κ1) is 10.9. The average Bonchev–Trinajstić information content (AvgIpc) is 2.01. The summed E-state index contributed by atoms with van der Waals surface area (Å²) in [6.45, 7) is 3.16. The van der Waals surface area contributed by atoms with Crippen LogP contribution in [0.25, 0.3) is 0 Å². The molecular formula is C8H20N2O. The molecule has 11 heavy (non-hydrogen) atoms. The highest BCUT2D eigenvalue weighted by molar-refractivity contribution is 4.51. The molecule has 3 nitrogen and oxygen atoms in total. The number of unbranched alkanes of at least 4 members (excludes halogenated alkanes) is 1. The molecule has 0 aromatic heterocycles. The normalized spacial score (nSPS) is 10.9. The molecule has 0 saturated carbocycles. The van der Waals surface area contributed by atoms with Crippen LogP contribution in [-0.2, 0) is 0 Å². The summed E-state index contributed by atoms with van der Waals surface area (Å²) in [5.41, 5.74) is 5.36. The molecule has 0 rings (SSSR count). The minimum atomic E-state index is 0.293. The van der Waals surface area contributed by atoms with E-state index in [4.69, 9.17) is 10.8 Å². The van der Waals surface area contributed by atoms with Gasteiger partial charge >= 0.3 is 0 Å². The largest absolute Gasteiger partial charge is 0.396 e. The predicted molar refractivity (Wildman–Crippen MR) is 47.5 cm³/mol. The Labute approximate surface area is 69.2 Å². The summed E-state index contributed by atoms with van der Waals surface area (Å²) in [7, 11) is 2.08. The Bertz CT molecular complexity index is 78.5. The van der Waals surface area contributed by atoms with E-state index in [9.17, 15) is 0 Å². The molecule has 0 aliphatic rings. The second-order valence-electron chi connectivity index (χ2n) is 2.88. The van der Waals surface area contributed by atoms with Crippen molar-refractivity contribution >= 4 is 0 Å². The number of aliphatic hydroxyl groups is 1. The predicted octanol–water partition coefficient (Wildman–Crippen LogP) is 0.0395. The van der Waals surface area contributed by atoms with Crippen LogP contribution in [0.2, 0.25) is 0 Å². The van der Waals surface area contributed by atoms with Crippen LogP contribution in [0.5, 0.6) is 0 Å². The number of rotatable bonds is 7. The third-order valence-electron chi connectivity index (χ3n) is 1.69. The lowest BCUT2D eigenvalue weighted by Gasteiger charge is -2.14. The number of nitrogens with two attached hydrogens (primary N) is 1. The van der Waals surface area contributed by atoms with Crippen molar-refractivity contribution < 1.29 is 5.11 Å². The molecule has 0 heterocycles. The number of nitrogens with zero attached hydrogens (tertiary/aromatic N) is 1. The van der Waals surface area contributed by atoms with Gasteiger partial charge in [0.25, 0.3) is 0 Å². The Morgan fingerprint density at radius 3 is 2.36 bits per heavy atom. The third kappa shape index (κ3) is 7.78. The average molecular weight is 160 g/mol. The fraction of sp³-hybridized carbons (Fsp3) is 1.00. The molecule has 0 aliphatic heterocycles. The van der Waals surface area contributed by atoms with Crippen LogP contribution < -0.4 is 5.73 Å². The lowest BCUT2D eigenvalue weighted by molar-refractivity contribution is 0.246. The van der Waals surface area contributed by atoms with Crippen LogP contribution in [0.4, 0.5) is 0 Å². The van der Waals surface area contributed by atoms with Gasteiger partial charge in [-0.2, -0.15) is 0 Å². The zero-order valence-electron chi connectivity index (χ0n) is 7.42. The molecule has 0 amide bonds. The van der Waals surface area contributed by atoms with Gasteiger partial charge in [0.05, 0.1) is 0 Å². The van der Waals surface area contributed by atoms with Crippen LogP contribution >= 0.6 is 0 Å². The first-order chi connectivity index (χ1) is 5.31. The fourth-order valence-electron chi connectivity index (χ4n) is 0.978. The molecule has 3 N–H and O–H groups in total. The van der Waals surface area contributed by atoms with Gasteiger partial charge < -0.3 is 15.7 Å². The van der Waals surface area contributed by atoms with E-state index in [-0.39, 0.29) is 0 Å². The van der Waals surface area contributed by atoms with E-state index in [1.807, 2.05) is 0 Å². The highest BCUT2D eigenvalue weighted by atomic mass is 16.3. The van der Waals surface area contributed by atoms with E-state index in [0.717, 1.165) is 32.5 Å². The van der Waals surface area contributed by atoms with Gasteiger partial charge in [-0.05, 0) is 39.4 Å². The second kappa shape index (κ2) is 7.98. The summed E-state index contributed by atoms with van der Waals surface area (Å²) in [5, 5.41) is 8.54. The van der Waals surface area contributed by atoms with Crippen LogP contribution in [0.1, 0.15) is 19.3 Å². The Hall–Kier alpha value is -0.120. The maximum absolute atomic E-state index is 8.54. The molecule has 0 atom stereocenters. The van der Waals surface area contributed by atoms with Crippen molar-refractivity contribution in [2.75, 3.05) is 33.3 Å². The molecule has 0 unspecified atom stereocenters. The highest BCUT2D eigenvalue weighted by Gasteiger charge is 1.95. The highest BCUT2D eigenvalue weighted by Crippen LogP contribution is 1.92. The Morgan fingerprint density at radius 2 is 1.82 bits per heavy atom. The molecule has 68 valence electrons. The van der Waals surface area contributed by atoms with Crippen molar-refractivity contribution in [2.24, 2.45) is 5.73 Å². The van der Waals surface area contributed by atoms with Gasteiger partial charge in [0.1, 0.15) is 0 Å². The number of hydrogen-bond acceptors (Lipinski definition) is 3. The second-order valence-corrected chi connectivity index (χ2v) is 2.88. The minimum Gasteiger partial charge on any atom is -0.396 e. The Kier molecular flexibility index (Phi) is 7.89.